The number of benzene rings is 1. The number of carbonyl (C=O) groups is 1. The van der Waals surface area contributed by atoms with Crippen molar-refractivity contribution in [2.75, 3.05) is 0 Å². The van der Waals surface area contributed by atoms with Crippen LogP contribution < -0.4 is 4.74 Å². The number of pyridine rings is 1. The number of hydrogen-bond acceptors (Lipinski definition) is 5. The zero-order valence-corrected chi connectivity index (χ0v) is 16.6. The fraction of sp³-hybridized carbons (Fsp3) is 0.238. The molecule has 7 nitrogen and oxygen atoms in total. The van der Waals surface area contributed by atoms with Gasteiger partial charge in [0, 0.05) is 18.3 Å². The lowest BCUT2D eigenvalue weighted by molar-refractivity contribution is -0.189. The quantitative estimate of drug-likeness (QED) is 0.571. The number of ether oxygens (including phenoxy) is 1. The minimum atomic E-state index is -4.61. The normalized spacial score (nSPS) is 14.1. The van der Waals surface area contributed by atoms with Crippen LogP contribution in [0.25, 0.3) is 5.82 Å². The van der Waals surface area contributed by atoms with Gasteiger partial charge in [-0.2, -0.15) is 23.5 Å². The van der Waals surface area contributed by atoms with Crippen LogP contribution in [-0.4, -0.2) is 37.9 Å². The molecule has 1 unspecified atom stereocenters. The molecule has 0 bridgehead atoms. The summed E-state index contributed by atoms with van der Waals surface area (Å²) in [4.78, 5) is 18.4. The summed E-state index contributed by atoms with van der Waals surface area (Å²) >= 11 is 0. The Labute approximate surface area is 179 Å². The molecular weight excluding hydrogens is 430 g/mol. The van der Waals surface area contributed by atoms with Crippen LogP contribution in [0.3, 0.4) is 0 Å². The molecule has 1 atom stereocenters. The Morgan fingerprint density at radius 3 is 2.66 bits per heavy atom. The summed E-state index contributed by atoms with van der Waals surface area (Å²) in [6.07, 6.45) is -4.04. The van der Waals surface area contributed by atoms with Crippen molar-refractivity contribution in [1.82, 2.24) is 19.7 Å². The molecule has 11 heteroatoms. The molecule has 0 N–H and O–H groups in total. The van der Waals surface area contributed by atoms with Crippen molar-refractivity contribution in [3.05, 3.63) is 70.9 Å². The Morgan fingerprint density at radius 1 is 1.25 bits per heavy atom. The number of nitriles is 1. The highest BCUT2D eigenvalue weighted by molar-refractivity contribution is 5.97. The molecule has 4 rings (SSSR count). The first kappa shape index (κ1) is 21.3. The zero-order chi connectivity index (χ0) is 23.0. The van der Waals surface area contributed by atoms with E-state index in [0.717, 1.165) is 13.1 Å². The summed E-state index contributed by atoms with van der Waals surface area (Å²) in [6, 6.07) is 8.25. The van der Waals surface area contributed by atoms with E-state index in [1.54, 1.807) is 6.20 Å². The van der Waals surface area contributed by atoms with Gasteiger partial charge in [0.1, 0.15) is 11.6 Å². The molecule has 0 fully saturated rings. The molecule has 32 heavy (non-hydrogen) atoms. The van der Waals surface area contributed by atoms with E-state index in [0.29, 0.717) is 17.1 Å². The molecule has 0 spiro atoms. The highest BCUT2D eigenvalue weighted by atomic mass is 19.4. The second-order valence-corrected chi connectivity index (χ2v) is 7.17. The van der Waals surface area contributed by atoms with E-state index in [4.69, 9.17) is 10.00 Å². The predicted molar refractivity (Wildman–Crippen MR) is 102 cm³/mol. The first-order valence-electron chi connectivity index (χ1n) is 9.42. The first-order valence-corrected chi connectivity index (χ1v) is 9.42. The van der Waals surface area contributed by atoms with Crippen LogP contribution in [0, 0.1) is 17.1 Å². The fourth-order valence-electron chi connectivity index (χ4n) is 3.21. The van der Waals surface area contributed by atoms with Crippen LogP contribution in [0.1, 0.15) is 34.1 Å². The Morgan fingerprint density at radius 2 is 2.03 bits per heavy atom. The molecule has 0 saturated carbocycles. The summed E-state index contributed by atoms with van der Waals surface area (Å²) in [5.41, 5.74) is 1.27. The monoisotopic (exact) mass is 445 g/mol. The van der Waals surface area contributed by atoms with Crippen molar-refractivity contribution < 1.29 is 27.1 Å². The van der Waals surface area contributed by atoms with Crippen molar-refractivity contribution in [3.63, 3.8) is 0 Å². The van der Waals surface area contributed by atoms with E-state index in [1.807, 2.05) is 6.07 Å². The third-order valence-corrected chi connectivity index (χ3v) is 4.92. The van der Waals surface area contributed by atoms with Gasteiger partial charge in [-0.1, -0.05) is 0 Å². The third-order valence-electron chi connectivity index (χ3n) is 4.92. The second kappa shape index (κ2) is 7.96. The van der Waals surface area contributed by atoms with Crippen LogP contribution in [0.4, 0.5) is 17.6 Å². The SMILES string of the molecule is CC(Oc1ccc(C#N)cc1C(=O)N1Cc2cn(-c3ccc(F)cn3)nc2C1)C(F)(F)F. The Bertz CT molecular complexity index is 1190. The number of aromatic nitrogens is 3. The molecule has 0 saturated heterocycles. The number of alkyl halides is 3. The van der Waals surface area contributed by atoms with E-state index >= 15 is 0 Å². The van der Waals surface area contributed by atoms with Crippen LogP contribution in [0.2, 0.25) is 0 Å². The van der Waals surface area contributed by atoms with Crippen molar-refractivity contribution in [2.24, 2.45) is 0 Å². The summed E-state index contributed by atoms with van der Waals surface area (Å²) in [5.74, 6) is -0.931. The van der Waals surface area contributed by atoms with Crippen LogP contribution in [-0.2, 0) is 13.1 Å². The first-order chi connectivity index (χ1) is 15.2. The van der Waals surface area contributed by atoms with Gasteiger partial charge in [-0.15, -0.1) is 0 Å². The smallest absolute Gasteiger partial charge is 0.425 e. The van der Waals surface area contributed by atoms with E-state index in [1.165, 1.54) is 39.9 Å². The van der Waals surface area contributed by atoms with Crippen molar-refractivity contribution >= 4 is 5.91 Å². The molecule has 3 aromatic rings. The molecule has 1 amide bonds. The highest BCUT2D eigenvalue weighted by Crippen LogP contribution is 2.31. The van der Waals surface area contributed by atoms with E-state index in [9.17, 15) is 22.4 Å². The average molecular weight is 445 g/mol. The van der Waals surface area contributed by atoms with E-state index in [2.05, 4.69) is 10.1 Å². The number of hydrogen-bond donors (Lipinski definition) is 0. The number of rotatable bonds is 4. The summed E-state index contributed by atoms with van der Waals surface area (Å²) in [5, 5.41) is 13.5. The molecule has 0 aliphatic carbocycles. The fourth-order valence-corrected chi connectivity index (χ4v) is 3.21. The van der Waals surface area contributed by atoms with Gasteiger partial charge in [0.2, 0.25) is 0 Å². The Kier molecular flexibility index (Phi) is 5.30. The zero-order valence-electron chi connectivity index (χ0n) is 16.6. The van der Waals surface area contributed by atoms with Gasteiger partial charge in [-0.05, 0) is 37.3 Å². The van der Waals surface area contributed by atoms with Gasteiger partial charge >= 0.3 is 6.18 Å². The second-order valence-electron chi connectivity index (χ2n) is 7.17. The number of amides is 1. The average Bonchev–Trinajstić information content (AvgIpc) is 3.33. The van der Waals surface area contributed by atoms with E-state index < -0.39 is 24.0 Å². The van der Waals surface area contributed by atoms with Gasteiger partial charge in [0.15, 0.2) is 11.9 Å². The lowest BCUT2D eigenvalue weighted by Gasteiger charge is -2.22. The van der Waals surface area contributed by atoms with Gasteiger partial charge < -0.3 is 9.64 Å². The van der Waals surface area contributed by atoms with Gasteiger partial charge in [-0.25, -0.2) is 14.1 Å². The molecular formula is C21H15F4N5O2. The summed E-state index contributed by atoms with van der Waals surface area (Å²) in [7, 11) is 0. The molecule has 3 heterocycles. The number of fused-ring (bicyclic) bond motifs is 1. The largest absolute Gasteiger partial charge is 0.480 e. The minimum Gasteiger partial charge on any atom is -0.480 e. The Balaban J connectivity index is 1.57. The van der Waals surface area contributed by atoms with Gasteiger partial charge in [0.25, 0.3) is 5.91 Å². The van der Waals surface area contributed by atoms with Gasteiger partial charge in [0.05, 0.1) is 35.6 Å². The Hall–Kier alpha value is -3.94. The number of carbonyl (C=O) groups excluding carboxylic acids is 1. The minimum absolute atomic E-state index is 0.105. The maximum Gasteiger partial charge on any atom is 0.425 e. The lowest BCUT2D eigenvalue weighted by atomic mass is 10.1. The summed E-state index contributed by atoms with van der Waals surface area (Å²) in [6.45, 7) is 1.10. The molecule has 1 aliphatic heterocycles. The molecule has 1 aliphatic rings. The van der Waals surface area contributed by atoms with Gasteiger partial charge in [-0.3, -0.25) is 4.79 Å². The van der Waals surface area contributed by atoms with Crippen molar-refractivity contribution in [2.45, 2.75) is 32.3 Å². The van der Waals surface area contributed by atoms with Crippen LogP contribution >= 0.6 is 0 Å². The summed E-state index contributed by atoms with van der Waals surface area (Å²) < 4.78 is 58.3. The lowest BCUT2D eigenvalue weighted by Crippen LogP contribution is -2.32. The van der Waals surface area contributed by atoms with Crippen molar-refractivity contribution in [1.29, 1.82) is 5.26 Å². The molecule has 0 radical (unpaired) electrons. The third kappa shape index (κ3) is 4.12. The highest BCUT2D eigenvalue weighted by Gasteiger charge is 2.39. The number of nitrogens with zero attached hydrogens (tertiary/aromatic N) is 5. The van der Waals surface area contributed by atoms with Crippen LogP contribution in [0.15, 0.2) is 42.7 Å². The maximum atomic E-state index is 13.1. The van der Waals surface area contributed by atoms with E-state index in [-0.39, 0.29) is 30.0 Å². The molecule has 164 valence electrons. The molecule has 1 aromatic carbocycles. The maximum absolute atomic E-state index is 13.1. The topological polar surface area (TPSA) is 84.0 Å². The van der Waals surface area contributed by atoms with Crippen molar-refractivity contribution in [3.8, 4) is 17.6 Å². The number of halogens is 4. The standard InChI is InChI=1S/C21H15F4N5O2/c1-12(21(23,24)25)32-18-4-2-13(7-26)6-16(18)20(31)29-9-14-10-30(28-17(14)11-29)19-5-3-15(22)8-27-19/h2-6,8,10,12H,9,11H2,1H3. The molecule has 2 aromatic heterocycles. The van der Waals surface area contributed by atoms with Crippen LogP contribution in [0.5, 0.6) is 5.75 Å². The predicted octanol–water partition coefficient (Wildman–Crippen LogP) is 3.76.